The van der Waals surface area contributed by atoms with Crippen molar-refractivity contribution in [3.63, 3.8) is 0 Å². The highest BCUT2D eigenvalue weighted by molar-refractivity contribution is 5.68. The Morgan fingerprint density at radius 1 is 1.20 bits per heavy atom. The Morgan fingerprint density at radius 2 is 1.95 bits per heavy atom. The second kappa shape index (κ2) is 5.70. The lowest BCUT2D eigenvalue weighted by Crippen LogP contribution is -1.98. The van der Waals surface area contributed by atoms with E-state index < -0.39 is 0 Å². The zero-order chi connectivity index (χ0) is 14.7. The first-order valence-electron chi connectivity index (χ1n) is 6.49. The molecule has 0 unspecified atom stereocenters. The van der Waals surface area contributed by atoms with E-state index in [1.54, 1.807) is 20.1 Å². The van der Waals surface area contributed by atoms with Crippen LogP contribution in [0.15, 0.2) is 24.3 Å². The number of rotatable bonds is 3. The average molecular weight is 267 g/mol. The molecule has 0 atom stereocenters. The highest BCUT2D eigenvalue weighted by atomic mass is 16.5. The van der Waals surface area contributed by atoms with Crippen molar-refractivity contribution in [1.29, 1.82) is 5.26 Å². The predicted molar refractivity (Wildman–Crippen MR) is 77.6 cm³/mol. The van der Waals surface area contributed by atoms with E-state index in [4.69, 9.17) is 10.00 Å². The lowest BCUT2D eigenvalue weighted by molar-refractivity contribution is 0.415. The maximum Gasteiger partial charge on any atom is 0.144 e. The summed E-state index contributed by atoms with van der Waals surface area (Å²) in [7, 11) is 1.64. The second-order valence-corrected chi connectivity index (χ2v) is 4.91. The number of hydrogen-bond acceptors (Lipinski definition) is 4. The van der Waals surface area contributed by atoms with Gasteiger partial charge in [-0.15, -0.1) is 0 Å². The van der Waals surface area contributed by atoms with E-state index in [1.807, 2.05) is 12.1 Å². The molecule has 0 bridgehead atoms. The normalized spacial score (nSPS) is 10.4. The van der Waals surface area contributed by atoms with Crippen molar-refractivity contribution in [2.24, 2.45) is 0 Å². The molecule has 20 heavy (non-hydrogen) atoms. The Bertz CT molecular complexity index is 672. The maximum absolute atomic E-state index is 9.01. The summed E-state index contributed by atoms with van der Waals surface area (Å²) in [6, 6.07) is 9.80. The molecule has 0 fully saturated rings. The summed E-state index contributed by atoms with van der Waals surface area (Å²) in [5.41, 5.74) is 3.15. The molecule has 0 N–H and O–H groups in total. The molecular formula is C16H17N3O. The van der Waals surface area contributed by atoms with E-state index in [9.17, 15) is 0 Å². The molecular weight excluding hydrogens is 250 g/mol. The van der Waals surface area contributed by atoms with Crippen molar-refractivity contribution in [3.8, 4) is 23.1 Å². The summed E-state index contributed by atoms with van der Waals surface area (Å²) < 4.78 is 5.46. The van der Waals surface area contributed by atoms with Gasteiger partial charge in [0.1, 0.15) is 23.3 Å². The molecule has 102 valence electrons. The van der Waals surface area contributed by atoms with E-state index >= 15 is 0 Å². The van der Waals surface area contributed by atoms with Crippen molar-refractivity contribution < 1.29 is 4.74 Å². The Morgan fingerprint density at radius 3 is 2.55 bits per heavy atom. The first-order chi connectivity index (χ1) is 9.55. The highest BCUT2D eigenvalue weighted by Gasteiger charge is 2.11. The van der Waals surface area contributed by atoms with E-state index in [0.717, 1.165) is 11.3 Å². The van der Waals surface area contributed by atoms with Gasteiger partial charge in [0.25, 0.3) is 0 Å². The number of ether oxygens (including phenoxy) is 1. The number of hydrogen-bond donors (Lipinski definition) is 0. The number of nitrogens with zero attached hydrogens (tertiary/aromatic N) is 3. The Labute approximate surface area is 119 Å². The molecule has 0 saturated carbocycles. The largest absolute Gasteiger partial charge is 0.496 e. The van der Waals surface area contributed by atoms with E-state index in [0.29, 0.717) is 23.1 Å². The molecule has 1 aromatic heterocycles. The lowest BCUT2D eigenvalue weighted by Gasteiger charge is -2.12. The molecule has 0 aliphatic carbocycles. The Hall–Kier alpha value is -2.41. The third kappa shape index (κ3) is 2.77. The van der Waals surface area contributed by atoms with Gasteiger partial charge in [-0.3, -0.25) is 0 Å². The van der Waals surface area contributed by atoms with Crippen molar-refractivity contribution in [1.82, 2.24) is 9.97 Å². The zero-order valence-corrected chi connectivity index (χ0v) is 12.1. The van der Waals surface area contributed by atoms with Crippen LogP contribution in [0, 0.1) is 18.3 Å². The molecule has 4 heteroatoms. The molecule has 0 saturated heterocycles. The van der Waals surface area contributed by atoms with Gasteiger partial charge >= 0.3 is 0 Å². The van der Waals surface area contributed by atoms with Crippen molar-refractivity contribution >= 4 is 0 Å². The number of aryl methyl sites for hydroxylation is 1. The zero-order valence-electron chi connectivity index (χ0n) is 12.1. The first-order valence-corrected chi connectivity index (χ1v) is 6.49. The number of methoxy groups -OCH3 is 1. The van der Waals surface area contributed by atoms with Crippen LogP contribution in [0.25, 0.3) is 11.3 Å². The van der Waals surface area contributed by atoms with Crippen LogP contribution in [-0.2, 0) is 0 Å². The van der Waals surface area contributed by atoms with Gasteiger partial charge in [0.2, 0.25) is 0 Å². The van der Waals surface area contributed by atoms with Crippen LogP contribution in [0.1, 0.15) is 36.8 Å². The van der Waals surface area contributed by atoms with Crippen molar-refractivity contribution in [3.05, 3.63) is 41.3 Å². The smallest absolute Gasteiger partial charge is 0.144 e. The molecule has 0 aliphatic rings. The standard InChI is InChI=1S/C16H17N3O/c1-10(2)12-5-6-14(16(7-12)20-4)15-8-13(9-17)18-11(3)19-15/h5-8,10H,1-4H3. The molecule has 0 radical (unpaired) electrons. The lowest BCUT2D eigenvalue weighted by atomic mass is 9.99. The number of aromatic nitrogens is 2. The summed E-state index contributed by atoms with van der Waals surface area (Å²) in [6.07, 6.45) is 0. The van der Waals surface area contributed by atoms with Crippen LogP contribution in [0.3, 0.4) is 0 Å². The number of benzene rings is 1. The fourth-order valence-electron chi connectivity index (χ4n) is 2.04. The van der Waals surface area contributed by atoms with Gasteiger partial charge in [0, 0.05) is 11.6 Å². The second-order valence-electron chi connectivity index (χ2n) is 4.91. The van der Waals surface area contributed by atoms with Gasteiger partial charge in [-0.2, -0.15) is 5.26 Å². The van der Waals surface area contributed by atoms with Crippen LogP contribution < -0.4 is 4.74 Å². The van der Waals surface area contributed by atoms with Crippen LogP contribution in [-0.4, -0.2) is 17.1 Å². The third-order valence-corrected chi connectivity index (χ3v) is 3.12. The summed E-state index contributed by atoms with van der Waals surface area (Å²) >= 11 is 0. The first kappa shape index (κ1) is 14.0. The van der Waals surface area contributed by atoms with Gasteiger partial charge in [0.15, 0.2) is 0 Å². The minimum absolute atomic E-state index is 0.363. The van der Waals surface area contributed by atoms with E-state index in [1.165, 1.54) is 5.56 Å². The van der Waals surface area contributed by atoms with Crippen LogP contribution >= 0.6 is 0 Å². The maximum atomic E-state index is 9.01. The molecule has 2 aromatic rings. The molecule has 4 nitrogen and oxygen atoms in total. The monoisotopic (exact) mass is 267 g/mol. The minimum atomic E-state index is 0.363. The summed E-state index contributed by atoms with van der Waals surface area (Å²) in [5, 5.41) is 9.01. The predicted octanol–water partition coefficient (Wildman–Crippen LogP) is 3.46. The molecule has 0 aliphatic heterocycles. The Balaban J connectivity index is 2.58. The fraction of sp³-hybridized carbons (Fsp3) is 0.312. The third-order valence-electron chi connectivity index (χ3n) is 3.12. The van der Waals surface area contributed by atoms with Crippen LogP contribution in [0.2, 0.25) is 0 Å². The molecule has 1 heterocycles. The summed E-state index contributed by atoms with van der Waals surface area (Å²) in [4.78, 5) is 8.46. The minimum Gasteiger partial charge on any atom is -0.496 e. The van der Waals surface area contributed by atoms with Crippen molar-refractivity contribution in [2.75, 3.05) is 7.11 Å². The SMILES string of the molecule is COc1cc(C(C)C)ccc1-c1cc(C#N)nc(C)n1. The number of nitriles is 1. The van der Waals surface area contributed by atoms with Crippen LogP contribution in [0.4, 0.5) is 0 Å². The van der Waals surface area contributed by atoms with Crippen LogP contribution in [0.5, 0.6) is 5.75 Å². The van der Waals surface area contributed by atoms with E-state index in [-0.39, 0.29) is 0 Å². The highest BCUT2D eigenvalue weighted by Crippen LogP contribution is 2.32. The molecule has 1 aromatic carbocycles. The van der Waals surface area contributed by atoms with Gasteiger partial charge in [0.05, 0.1) is 12.8 Å². The fourth-order valence-corrected chi connectivity index (χ4v) is 2.04. The van der Waals surface area contributed by atoms with Gasteiger partial charge in [-0.25, -0.2) is 9.97 Å². The summed E-state index contributed by atoms with van der Waals surface area (Å²) in [5.74, 6) is 1.77. The quantitative estimate of drug-likeness (QED) is 0.854. The van der Waals surface area contributed by atoms with Gasteiger partial charge < -0.3 is 4.74 Å². The van der Waals surface area contributed by atoms with Gasteiger partial charge in [-0.1, -0.05) is 19.9 Å². The average Bonchev–Trinajstić information content (AvgIpc) is 2.45. The Kier molecular flexibility index (Phi) is 3.99. The summed E-state index contributed by atoms with van der Waals surface area (Å²) in [6.45, 7) is 6.05. The van der Waals surface area contributed by atoms with Gasteiger partial charge in [-0.05, 0) is 30.5 Å². The molecule has 0 amide bonds. The molecule has 0 spiro atoms. The molecule has 2 rings (SSSR count). The van der Waals surface area contributed by atoms with E-state index in [2.05, 4.69) is 36.0 Å². The van der Waals surface area contributed by atoms with Crippen molar-refractivity contribution in [2.45, 2.75) is 26.7 Å². The topological polar surface area (TPSA) is 58.8 Å².